The number of hydrogen-bond donors (Lipinski definition) is 0. The lowest BCUT2D eigenvalue weighted by Gasteiger charge is -2.33. The number of carbonyl (C=O) groups is 1. The number of benzene rings is 1. The molecule has 26 heavy (non-hydrogen) atoms. The second-order valence-corrected chi connectivity index (χ2v) is 7.65. The van der Waals surface area contributed by atoms with Crippen molar-refractivity contribution in [1.82, 2.24) is 4.90 Å². The first kappa shape index (κ1) is 17.3. The van der Waals surface area contributed by atoms with Gasteiger partial charge in [0.25, 0.3) is 0 Å². The number of carbonyl (C=O) groups excluding carboxylic acids is 1. The normalized spacial score (nSPS) is 26.0. The summed E-state index contributed by atoms with van der Waals surface area (Å²) in [6.07, 6.45) is 5.57. The fourth-order valence-corrected chi connectivity index (χ4v) is 4.81. The van der Waals surface area contributed by atoms with E-state index in [9.17, 15) is 9.59 Å². The predicted octanol–water partition coefficient (Wildman–Crippen LogP) is 3.41. The molecule has 1 aromatic carbocycles. The third-order valence-electron chi connectivity index (χ3n) is 6.03. The van der Waals surface area contributed by atoms with Crippen molar-refractivity contribution in [2.24, 2.45) is 5.92 Å². The minimum atomic E-state index is -0.341. The molecule has 1 saturated carbocycles. The van der Waals surface area contributed by atoms with Gasteiger partial charge in [0.05, 0.1) is 7.11 Å². The molecule has 0 radical (unpaired) electrons. The molecule has 0 N–H and O–H groups in total. The lowest BCUT2D eigenvalue weighted by atomic mass is 9.84. The number of rotatable bonds is 3. The average Bonchev–Trinajstić information content (AvgIpc) is 2.99. The molecular formula is C21H25NO4. The summed E-state index contributed by atoms with van der Waals surface area (Å²) in [5.41, 5.74) is 2.25. The Bertz CT molecular complexity index is 887. The molecule has 1 aromatic heterocycles. The van der Waals surface area contributed by atoms with Crippen LogP contribution < -0.4 is 5.63 Å². The number of methoxy groups -OCH3 is 1. The summed E-state index contributed by atoms with van der Waals surface area (Å²) in [5.74, 6) is 0.379. The van der Waals surface area contributed by atoms with Crippen LogP contribution in [-0.4, -0.2) is 30.1 Å². The molecule has 0 bridgehead atoms. The topological polar surface area (TPSA) is 59.8 Å². The first-order chi connectivity index (χ1) is 12.6. The molecule has 2 aromatic rings. The predicted molar refractivity (Wildman–Crippen MR) is 98.9 cm³/mol. The second kappa shape index (κ2) is 6.88. The molecule has 0 spiro atoms. The molecule has 2 heterocycles. The molecular weight excluding hydrogens is 330 g/mol. The lowest BCUT2D eigenvalue weighted by Crippen LogP contribution is -2.42. The van der Waals surface area contributed by atoms with E-state index >= 15 is 0 Å². The molecule has 5 heteroatoms. The number of fused-ring (bicyclic) bond motifs is 2. The summed E-state index contributed by atoms with van der Waals surface area (Å²) in [4.78, 5) is 26.7. The Morgan fingerprint density at radius 3 is 2.88 bits per heavy atom. The zero-order valence-electron chi connectivity index (χ0n) is 15.4. The summed E-state index contributed by atoms with van der Waals surface area (Å²) in [6.45, 7) is 2.55. The number of ether oxygens (including phenoxy) is 1. The van der Waals surface area contributed by atoms with Crippen LogP contribution in [0.15, 0.2) is 33.5 Å². The van der Waals surface area contributed by atoms with Crippen LogP contribution in [0.5, 0.6) is 0 Å². The van der Waals surface area contributed by atoms with Crippen LogP contribution in [0.25, 0.3) is 11.0 Å². The van der Waals surface area contributed by atoms with Gasteiger partial charge in [0, 0.05) is 24.0 Å². The Morgan fingerprint density at radius 1 is 1.27 bits per heavy atom. The molecule has 2 aliphatic rings. The van der Waals surface area contributed by atoms with Gasteiger partial charge in [-0.2, -0.15) is 0 Å². The Kier molecular flexibility index (Phi) is 4.57. The Balaban J connectivity index is 1.73. The minimum absolute atomic E-state index is 0.164. The van der Waals surface area contributed by atoms with Gasteiger partial charge in [0.1, 0.15) is 11.6 Å². The van der Waals surface area contributed by atoms with Crippen LogP contribution in [0.1, 0.15) is 43.2 Å². The second-order valence-electron chi connectivity index (χ2n) is 7.65. The van der Waals surface area contributed by atoms with E-state index in [0.29, 0.717) is 24.1 Å². The van der Waals surface area contributed by atoms with E-state index in [1.807, 2.05) is 25.1 Å². The van der Waals surface area contributed by atoms with Crippen molar-refractivity contribution in [1.29, 1.82) is 0 Å². The van der Waals surface area contributed by atoms with Gasteiger partial charge in [-0.15, -0.1) is 0 Å². The van der Waals surface area contributed by atoms with Crippen LogP contribution in [0.4, 0.5) is 0 Å². The van der Waals surface area contributed by atoms with Crippen LogP contribution in [-0.2, 0) is 16.1 Å². The highest BCUT2D eigenvalue weighted by Gasteiger charge is 2.45. The van der Waals surface area contributed by atoms with Gasteiger partial charge < -0.3 is 9.15 Å². The van der Waals surface area contributed by atoms with E-state index in [2.05, 4.69) is 4.90 Å². The average molecular weight is 355 g/mol. The van der Waals surface area contributed by atoms with E-state index in [4.69, 9.17) is 9.15 Å². The van der Waals surface area contributed by atoms with Gasteiger partial charge in [-0.1, -0.05) is 25.0 Å². The van der Waals surface area contributed by atoms with E-state index < -0.39 is 0 Å². The van der Waals surface area contributed by atoms with E-state index in [0.717, 1.165) is 29.4 Å². The van der Waals surface area contributed by atoms with Gasteiger partial charge in [-0.25, -0.2) is 4.79 Å². The summed E-state index contributed by atoms with van der Waals surface area (Å²) >= 11 is 0. The van der Waals surface area contributed by atoms with Crippen molar-refractivity contribution in [3.63, 3.8) is 0 Å². The summed E-state index contributed by atoms with van der Waals surface area (Å²) in [7, 11) is 1.46. The summed E-state index contributed by atoms with van der Waals surface area (Å²) < 4.78 is 10.5. The van der Waals surface area contributed by atoms with Gasteiger partial charge in [0.15, 0.2) is 0 Å². The van der Waals surface area contributed by atoms with Gasteiger partial charge in [-0.05, 0) is 49.3 Å². The van der Waals surface area contributed by atoms with Gasteiger partial charge >= 0.3 is 11.6 Å². The fraction of sp³-hybridized carbons (Fsp3) is 0.524. The van der Waals surface area contributed by atoms with Crippen molar-refractivity contribution in [3.05, 3.63) is 45.8 Å². The maximum absolute atomic E-state index is 12.4. The first-order valence-corrected chi connectivity index (χ1v) is 9.44. The van der Waals surface area contributed by atoms with Crippen LogP contribution >= 0.6 is 0 Å². The standard InChI is InChI=1S/C21H25NO4/c1-13-7-8-16-15(11-20(23)26-19(16)9-13)12-22-17-6-4-3-5-14(17)10-18(22)21(24)25-2/h7-9,11,14,17-18H,3-6,10,12H2,1-2H3/t14-,17-,18+/m1/s1. The largest absolute Gasteiger partial charge is 0.468 e. The minimum Gasteiger partial charge on any atom is -0.468 e. The number of likely N-dealkylation sites (tertiary alicyclic amines) is 1. The highest BCUT2D eigenvalue weighted by atomic mass is 16.5. The SMILES string of the molecule is COC(=O)[C@@H]1C[C@H]2CCCC[C@H]2N1Cc1cc(=O)oc2cc(C)ccc12. The quantitative estimate of drug-likeness (QED) is 0.624. The zero-order valence-corrected chi connectivity index (χ0v) is 15.4. The molecule has 5 nitrogen and oxygen atoms in total. The lowest BCUT2D eigenvalue weighted by molar-refractivity contribution is -0.146. The number of nitrogens with zero attached hydrogens (tertiary/aromatic N) is 1. The highest BCUT2D eigenvalue weighted by Crippen LogP contribution is 2.41. The zero-order chi connectivity index (χ0) is 18.3. The van der Waals surface area contributed by atoms with Crippen LogP contribution in [0, 0.1) is 12.8 Å². The van der Waals surface area contributed by atoms with E-state index in [1.54, 1.807) is 6.07 Å². The van der Waals surface area contributed by atoms with Crippen molar-refractivity contribution in [3.8, 4) is 0 Å². The van der Waals surface area contributed by atoms with Crippen LogP contribution in [0.3, 0.4) is 0 Å². The summed E-state index contributed by atoms with van der Waals surface area (Å²) in [5, 5.41) is 0.943. The maximum atomic E-state index is 12.4. The number of esters is 1. The van der Waals surface area contributed by atoms with Crippen molar-refractivity contribution >= 4 is 16.9 Å². The van der Waals surface area contributed by atoms with Crippen molar-refractivity contribution < 1.29 is 13.9 Å². The Labute approximate surface area is 152 Å². The molecule has 0 unspecified atom stereocenters. The smallest absolute Gasteiger partial charge is 0.336 e. The third-order valence-corrected chi connectivity index (χ3v) is 6.03. The van der Waals surface area contributed by atoms with Crippen molar-refractivity contribution in [2.75, 3.05) is 7.11 Å². The number of aryl methyl sites for hydroxylation is 1. The molecule has 1 aliphatic carbocycles. The molecule has 1 saturated heterocycles. The number of hydrogen-bond acceptors (Lipinski definition) is 5. The highest BCUT2D eigenvalue weighted by molar-refractivity contribution is 5.81. The molecule has 4 rings (SSSR count). The van der Waals surface area contributed by atoms with E-state index in [1.165, 1.54) is 26.4 Å². The third kappa shape index (κ3) is 3.05. The van der Waals surface area contributed by atoms with Gasteiger partial charge in [0.2, 0.25) is 0 Å². The molecule has 1 aliphatic heterocycles. The fourth-order valence-electron chi connectivity index (χ4n) is 4.81. The first-order valence-electron chi connectivity index (χ1n) is 9.44. The summed E-state index contributed by atoms with van der Waals surface area (Å²) in [6, 6.07) is 7.66. The molecule has 2 fully saturated rings. The maximum Gasteiger partial charge on any atom is 0.336 e. The van der Waals surface area contributed by atoms with Gasteiger partial charge in [-0.3, -0.25) is 9.69 Å². The van der Waals surface area contributed by atoms with Crippen LogP contribution in [0.2, 0.25) is 0 Å². The van der Waals surface area contributed by atoms with Crippen molar-refractivity contribution in [2.45, 2.75) is 57.7 Å². The molecule has 138 valence electrons. The van der Waals surface area contributed by atoms with E-state index in [-0.39, 0.29) is 17.6 Å². The Morgan fingerprint density at radius 2 is 2.08 bits per heavy atom. The Hall–Kier alpha value is -2.14. The monoisotopic (exact) mass is 355 g/mol. The molecule has 0 amide bonds. The molecule has 3 atom stereocenters.